The van der Waals surface area contributed by atoms with Gasteiger partial charge >= 0.3 is 5.97 Å². The van der Waals surface area contributed by atoms with Crippen molar-refractivity contribution in [1.29, 1.82) is 0 Å². The molecule has 0 unspecified atom stereocenters. The zero-order valence-electron chi connectivity index (χ0n) is 10.4. The highest BCUT2D eigenvalue weighted by atomic mass is 32.2. The normalized spacial score (nSPS) is 11.0. The van der Waals surface area contributed by atoms with Crippen LogP contribution in [-0.2, 0) is 11.3 Å². The second-order valence-electron chi connectivity index (χ2n) is 4.13. The number of thiazole rings is 1. The van der Waals surface area contributed by atoms with Gasteiger partial charge in [-0.15, -0.1) is 11.3 Å². The minimum absolute atomic E-state index is 0.000384. The van der Waals surface area contributed by atoms with Gasteiger partial charge in [0.05, 0.1) is 34.5 Å². The van der Waals surface area contributed by atoms with E-state index in [4.69, 9.17) is 5.11 Å². The average molecular weight is 305 g/mol. The number of hydrogen-bond donors (Lipinski definition) is 1. The van der Waals surface area contributed by atoms with Gasteiger partial charge in [0.2, 0.25) is 0 Å². The molecule has 1 N–H and O–H groups in total. The summed E-state index contributed by atoms with van der Waals surface area (Å²) in [7, 11) is 0. The molecule has 102 valence electrons. The van der Waals surface area contributed by atoms with Crippen LogP contribution in [0.15, 0.2) is 40.3 Å². The van der Waals surface area contributed by atoms with E-state index in [0.717, 1.165) is 16.7 Å². The lowest BCUT2D eigenvalue weighted by Crippen LogP contribution is -2.04. The first kappa shape index (κ1) is 13.1. The van der Waals surface area contributed by atoms with Gasteiger partial charge < -0.3 is 9.67 Å². The fourth-order valence-corrected chi connectivity index (χ4v) is 3.20. The maximum atomic E-state index is 10.7. The average Bonchev–Trinajstić information content (AvgIpc) is 3.05. The second-order valence-corrected chi connectivity index (χ2v) is 5.79. The molecular formula is C13H11N3O2S2. The molecule has 0 aliphatic heterocycles. The van der Waals surface area contributed by atoms with Crippen LogP contribution in [0.25, 0.3) is 11.0 Å². The predicted molar refractivity (Wildman–Crippen MR) is 79.3 cm³/mol. The molecule has 0 bridgehead atoms. The maximum Gasteiger partial charge on any atom is 0.313 e. The van der Waals surface area contributed by atoms with Crippen LogP contribution >= 0.6 is 23.1 Å². The third kappa shape index (κ3) is 2.68. The summed E-state index contributed by atoms with van der Waals surface area (Å²) in [6.07, 6.45) is 0. The number of carbonyl (C=O) groups is 1. The van der Waals surface area contributed by atoms with E-state index in [9.17, 15) is 4.79 Å². The number of nitrogens with zero attached hydrogens (tertiary/aromatic N) is 3. The van der Waals surface area contributed by atoms with Gasteiger partial charge in [-0.3, -0.25) is 4.79 Å². The van der Waals surface area contributed by atoms with E-state index in [-0.39, 0.29) is 5.75 Å². The van der Waals surface area contributed by atoms with Gasteiger partial charge in [-0.25, -0.2) is 9.97 Å². The topological polar surface area (TPSA) is 68.0 Å². The summed E-state index contributed by atoms with van der Waals surface area (Å²) in [6, 6.07) is 7.79. The van der Waals surface area contributed by atoms with E-state index in [1.165, 1.54) is 11.8 Å². The number of carboxylic acids is 1. The largest absolute Gasteiger partial charge is 0.481 e. The first-order valence-electron chi connectivity index (χ1n) is 5.91. The summed E-state index contributed by atoms with van der Waals surface area (Å²) < 4.78 is 2.01. The Balaban J connectivity index is 2.01. The smallest absolute Gasteiger partial charge is 0.313 e. The number of fused-ring (bicyclic) bond motifs is 1. The van der Waals surface area contributed by atoms with Crippen LogP contribution in [0.1, 0.15) is 5.69 Å². The fraction of sp³-hybridized carbons (Fsp3) is 0.154. The molecule has 0 spiro atoms. The van der Waals surface area contributed by atoms with Gasteiger partial charge in [-0.05, 0) is 12.1 Å². The van der Waals surface area contributed by atoms with Crippen molar-refractivity contribution in [3.05, 3.63) is 40.8 Å². The van der Waals surface area contributed by atoms with Gasteiger partial charge in [0.1, 0.15) is 0 Å². The molecule has 0 amide bonds. The summed E-state index contributed by atoms with van der Waals surface area (Å²) in [5.74, 6) is -0.845. The van der Waals surface area contributed by atoms with E-state index >= 15 is 0 Å². The number of para-hydroxylation sites is 2. The standard InChI is InChI=1S/C13H11N3O2S2/c17-12(18)7-20-13-15-10-3-1-2-4-11(10)16(13)5-9-6-19-8-14-9/h1-4,6,8H,5,7H2,(H,17,18). The molecule has 0 saturated carbocycles. The van der Waals surface area contributed by atoms with Crippen LogP contribution in [0.4, 0.5) is 0 Å². The third-order valence-electron chi connectivity index (χ3n) is 2.75. The molecule has 0 aliphatic carbocycles. The lowest BCUT2D eigenvalue weighted by atomic mass is 10.3. The van der Waals surface area contributed by atoms with Crippen LogP contribution in [0.5, 0.6) is 0 Å². The number of carboxylic acid groups (broad SMARTS) is 1. The number of aliphatic carboxylic acids is 1. The van der Waals surface area contributed by atoms with E-state index in [0.29, 0.717) is 11.7 Å². The summed E-state index contributed by atoms with van der Waals surface area (Å²) in [5.41, 5.74) is 4.61. The Hall–Kier alpha value is -1.86. The van der Waals surface area contributed by atoms with Crippen molar-refractivity contribution in [2.75, 3.05) is 5.75 Å². The van der Waals surface area contributed by atoms with Crippen molar-refractivity contribution in [3.8, 4) is 0 Å². The summed E-state index contributed by atoms with van der Waals surface area (Å²) in [5, 5.41) is 11.5. The Morgan fingerprint density at radius 3 is 3.00 bits per heavy atom. The number of benzene rings is 1. The lowest BCUT2D eigenvalue weighted by molar-refractivity contribution is -0.133. The molecule has 20 heavy (non-hydrogen) atoms. The van der Waals surface area contributed by atoms with Gasteiger partial charge in [-0.1, -0.05) is 23.9 Å². The number of imidazole rings is 1. The highest BCUT2D eigenvalue weighted by molar-refractivity contribution is 7.99. The van der Waals surface area contributed by atoms with Crippen molar-refractivity contribution >= 4 is 40.1 Å². The first-order chi connectivity index (χ1) is 9.74. The summed E-state index contributed by atoms with van der Waals surface area (Å²) >= 11 is 2.78. The van der Waals surface area contributed by atoms with Crippen molar-refractivity contribution in [2.24, 2.45) is 0 Å². The number of hydrogen-bond acceptors (Lipinski definition) is 5. The third-order valence-corrected chi connectivity index (χ3v) is 4.34. The van der Waals surface area contributed by atoms with Crippen LogP contribution in [-0.4, -0.2) is 31.4 Å². The number of rotatable bonds is 5. The Morgan fingerprint density at radius 1 is 1.40 bits per heavy atom. The van der Waals surface area contributed by atoms with Crippen molar-refractivity contribution in [3.63, 3.8) is 0 Å². The van der Waals surface area contributed by atoms with Gasteiger partial charge in [-0.2, -0.15) is 0 Å². The van der Waals surface area contributed by atoms with E-state index in [1.54, 1.807) is 16.8 Å². The molecule has 5 nitrogen and oxygen atoms in total. The molecule has 0 atom stereocenters. The van der Waals surface area contributed by atoms with Crippen molar-refractivity contribution < 1.29 is 9.90 Å². The highest BCUT2D eigenvalue weighted by Crippen LogP contribution is 2.25. The quantitative estimate of drug-likeness (QED) is 0.734. The minimum atomic E-state index is -0.845. The highest BCUT2D eigenvalue weighted by Gasteiger charge is 2.13. The van der Waals surface area contributed by atoms with Gasteiger partial charge in [0.25, 0.3) is 0 Å². The van der Waals surface area contributed by atoms with Crippen LogP contribution in [0.2, 0.25) is 0 Å². The molecule has 0 radical (unpaired) electrons. The van der Waals surface area contributed by atoms with Crippen LogP contribution < -0.4 is 0 Å². The first-order valence-corrected chi connectivity index (χ1v) is 7.84. The Morgan fingerprint density at radius 2 is 2.25 bits per heavy atom. The Kier molecular flexibility index (Phi) is 3.70. The molecule has 0 saturated heterocycles. The molecule has 2 heterocycles. The van der Waals surface area contributed by atoms with Crippen LogP contribution in [0, 0.1) is 0 Å². The fourth-order valence-electron chi connectivity index (χ4n) is 1.92. The Bertz CT molecular complexity index is 737. The second kappa shape index (κ2) is 5.64. The molecule has 3 rings (SSSR count). The molecule has 7 heteroatoms. The predicted octanol–water partition coefficient (Wildman–Crippen LogP) is 2.72. The van der Waals surface area contributed by atoms with Crippen LogP contribution in [0.3, 0.4) is 0 Å². The SMILES string of the molecule is O=C(O)CSc1nc2ccccc2n1Cc1cscn1. The molecule has 2 aromatic heterocycles. The van der Waals surface area contributed by atoms with E-state index in [1.807, 2.05) is 34.2 Å². The molecule has 0 fully saturated rings. The Labute approximate surface area is 123 Å². The molecule has 1 aromatic carbocycles. The summed E-state index contributed by atoms with van der Waals surface area (Å²) in [4.78, 5) is 19.5. The minimum Gasteiger partial charge on any atom is -0.481 e. The zero-order valence-corrected chi connectivity index (χ0v) is 12.0. The van der Waals surface area contributed by atoms with Crippen molar-refractivity contribution in [2.45, 2.75) is 11.7 Å². The van der Waals surface area contributed by atoms with Gasteiger partial charge in [0.15, 0.2) is 5.16 Å². The van der Waals surface area contributed by atoms with E-state index in [2.05, 4.69) is 9.97 Å². The summed E-state index contributed by atoms with van der Waals surface area (Å²) in [6.45, 7) is 0.603. The van der Waals surface area contributed by atoms with Crippen molar-refractivity contribution in [1.82, 2.24) is 14.5 Å². The molecular weight excluding hydrogens is 294 g/mol. The molecule has 3 aromatic rings. The molecule has 0 aliphatic rings. The lowest BCUT2D eigenvalue weighted by Gasteiger charge is -2.06. The number of aromatic nitrogens is 3. The van der Waals surface area contributed by atoms with Gasteiger partial charge in [0, 0.05) is 5.38 Å². The number of thioether (sulfide) groups is 1. The monoisotopic (exact) mass is 305 g/mol. The zero-order chi connectivity index (χ0) is 13.9. The maximum absolute atomic E-state index is 10.7. The van der Waals surface area contributed by atoms with E-state index < -0.39 is 5.97 Å².